The van der Waals surface area contributed by atoms with Gasteiger partial charge in [0.15, 0.2) is 0 Å². The second-order valence-corrected chi connectivity index (χ2v) is 6.35. The molecule has 0 radical (unpaired) electrons. The Balaban J connectivity index is 1.48. The van der Waals surface area contributed by atoms with Gasteiger partial charge in [0, 0.05) is 18.7 Å². The minimum Gasteiger partial charge on any atom is -0.350 e. The van der Waals surface area contributed by atoms with Crippen LogP contribution in [0.1, 0.15) is 24.9 Å². The lowest BCUT2D eigenvalue weighted by molar-refractivity contribution is -0.121. The normalized spacial score (nSPS) is 11.6. The molecule has 0 aliphatic carbocycles. The molecule has 5 heteroatoms. The van der Waals surface area contributed by atoms with Gasteiger partial charge in [0.05, 0.1) is 6.04 Å². The van der Waals surface area contributed by atoms with E-state index in [2.05, 4.69) is 34.1 Å². The number of carbonyl (C=O) groups is 2. The molecule has 3 aromatic rings. The molecule has 27 heavy (non-hydrogen) atoms. The SMILES string of the molecule is CC(NC(=O)CCNC(=O)Nc1ccccc1)c1cccc2ccccc12. The molecule has 0 aromatic heterocycles. The van der Waals surface area contributed by atoms with E-state index in [9.17, 15) is 9.59 Å². The van der Waals surface area contributed by atoms with Crippen LogP contribution in [0.2, 0.25) is 0 Å². The van der Waals surface area contributed by atoms with Crippen molar-refractivity contribution in [3.63, 3.8) is 0 Å². The monoisotopic (exact) mass is 361 g/mol. The third-order valence-electron chi connectivity index (χ3n) is 4.34. The Morgan fingerprint density at radius 3 is 2.41 bits per heavy atom. The average Bonchev–Trinajstić information content (AvgIpc) is 2.68. The second kappa shape index (κ2) is 8.85. The van der Waals surface area contributed by atoms with E-state index in [1.54, 1.807) is 12.1 Å². The van der Waals surface area contributed by atoms with Gasteiger partial charge in [0.1, 0.15) is 0 Å². The van der Waals surface area contributed by atoms with Crippen LogP contribution in [-0.4, -0.2) is 18.5 Å². The fourth-order valence-corrected chi connectivity index (χ4v) is 3.01. The fraction of sp³-hybridized carbons (Fsp3) is 0.182. The van der Waals surface area contributed by atoms with Gasteiger partial charge in [-0.3, -0.25) is 4.79 Å². The Hall–Kier alpha value is -3.34. The highest BCUT2D eigenvalue weighted by atomic mass is 16.2. The molecule has 0 heterocycles. The Kier molecular flexibility index (Phi) is 6.05. The van der Waals surface area contributed by atoms with Crippen LogP contribution in [0.5, 0.6) is 0 Å². The molecule has 3 rings (SSSR count). The quantitative estimate of drug-likeness (QED) is 0.615. The maximum absolute atomic E-state index is 12.2. The molecule has 3 N–H and O–H groups in total. The first-order chi connectivity index (χ1) is 13.1. The molecule has 0 aliphatic heterocycles. The van der Waals surface area contributed by atoms with Crippen LogP contribution in [-0.2, 0) is 4.79 Å². The highest BCUT2D eigenvalue weighted by Gasteiger charge is 2.12. The maximum atomic E-state index is 12.2. The molecule has 3 aromatic carbocycles. The van der Waals surface area contributed by atoms with E-state index in [0.29, 0.717) is 5.69 Å². The van der Waals surface area contributed by atoms with E-state index >= 15 is 0 Å². The van der Waals surface area contributed by atoms with Gasteiger partial charge < -0.3 is 16.0 Å². The molecule has 0 aliphatic rings. The topological polar surface area (TPSA) is 70.2 Å². The number of hydrogen-bond acceptors (Lipinski definition) is 2. The summed E-state index contributed by atoms with van der Waals surface area (Å²) in [7, 11) is 0. The lowest BCUT2D eigenvalue weighted by atomic mass is 9.99. The molecular formula is C22H23N3O2. The number of fused-ring (bicyclic) bond motifs is 1. The van der Waals surface area contributed by atoms with Gasteiger partial charge in [-0.1, -0.05) is 60.7 Å². The summed E-state index contributed by atoms with van der Waals surface area (Å²) in [6.07, 6.45) is 0.220. The Bertz CT molecular complexity index is 920. The van der Waals surface area contributed by atoms with Gasteiger partial charge in [-0.2, -0.15) is 0 Å². The van der Waals surface area contributed by atoms with Gasteiger partial charge >= 0.3 is 6.03 Å². The molecule has 138 valence electrons. The number of amides is 3. The lowest BCUT2D eigenvalue weighted by Crippen LogP contribution is -2.34. The highest BCUT2D eigenvalue weighted by Crippen LogP contribution is 2.23. The summed E-state index contributed by atoms with van der Waals surface area (Å²) in [5.41, 5.74) is 1.79. The molecule has 0 saturated heterocycles. The van der Waals surface area contributed by atoms with Crippen LogP contribution < -0.4 is 16.0 Å². The van der Waals surface area contributed by atoms with E-state index < -0.39 is 0 Å². The van der Waals surface area contributed by atoms with E-state index in [1.165, 1.54) is 0 Å². The van der Waals surface area contributed by atoms with Crippen molar-refractivity contribution in [1.82, 2.24) is 10.6 Å². The van der Waals surface area contributed by atoms with Crippen molar-refractivity contribution in [3.05, 3.63) is 78.4 Å². The number of rotatable bonds is 6. The fourth-order valence-electron chi connectivity index (χ4n) is 3.01. The minimum absolute atomic E-state index is 0.101. The van der Waals surface area contributed by atoms with Gasteiger partial charge in [-0.05, 0) is 35.4 Å². The number of benzene rings is 3. The van der Waals surface area contributed by atoms with Crippen molar-refractivity contribution in [2.75, 3.05) is 11.9 Å². The molecule has 0 spiro atoms. The van der Waals surface area contributed by atoms with Crippen molar-refractivity contribution in [2.24, 2.45) is 0 Å². The van der Waals surface area contributed by atoms with Crippen LogP contribution in [0.25, 0.3) is 10.8 Å². The van der Waals surface area contributed by atoms with Crippen LogP contribution in [0.3, 0.4) is 0 Å². The van der Waals surface area contributed by atoms with Crippen molar-refractivity contribution in [1.29, 1.82) is 0 Å². The molecule has 5 nitrogen and oxygen atoms in total. The molecule has 0 fully saturated rings. The summed E-state index contributed by atoms with van der Waals surface area (Å²) in [4.78, 5) is 24.0. The van der Waals surface area contributed by atoms with Crippen LogP contribution in [0.15, 0.2) is 72.8 Å². The predicted molar refractivity (Wildman–Crippen MR) is 109 cm³/mol. The summed E-state index contributed by atoms with van der Waals surface area (Å²) < 4.78 is 0. The maximum Gasteiger partial charge on any atom is 0.319 e. The summed E-state index contributed by atoms with van der Waals surface area (Å²) in [6.45, 7) is 2.24. The summed E-state index contributed by atoms with van der Waals surface area (Å²) in [5.74, 6) is -0.101. The number of anilines is 1. The number of nitrogens with one attached hydrogen (secondary N) is 3. The van der Waals surface area contributed by atoms with Crippen molar-refractivity contribution < 1.29 is 9.59 Å². The van der Waals surface area contributed by atoms with Crippen molar-refractivity contribution in [2.45, 2.75) is 19.4 Å². The summed E-state index contributed by atoms with van der Waals surface area (Å²) >= 11 is 0. The third kappa shape index (κ3) is 5.07. The Morgan fingerprint density at radius 1 is 0.889 bits per heavy atom. The van der Waals surface area contributed by atoms with Gasteiger partial charge in [-0.15, -0.1) is 0 Å². The number of para-hydroxylation sites is 1. The van der Waals surface area contributed by atoms with E-state index in [1.807, 2.05) is 49.4 Å². The van der Waals surface area contributed by atoms with Crippen molar-refractivity contribution in [3.8, 4) is 0 Å². The second-order valence-electron chi connectivity index (χ2n) is 6.35. The zero-order valence-corrected chi connectivity index (χ0v) is 15.2. The minimum atomic E-state index is -0.323. The predicted octanol–water partition coefficient (Wildman–Crippen LogP) is 4.23. The first kappa shape index (κ1) is 18.5. The molecule has 3 amide bonds. The molecule has 1 atom stereocenters. The van der Waals surface area contributed by atoms with Crippen molar-refractivity contribution >= 4 is 28.4 Å². The number of carbonyl (C=O) groups excluding carboxylic acids is 2. The molecule has 0 bridgehead atoms. The molecule has 1 unspecified atom stereocenters. The van der Waals surface area contributed by atoms with Crippen LogP contribution in [0.4, 0.5) is 10.5 Å². The van der Waals surface area contributed by atoms with Crippen LogP contribution >= 0.6 is 0 Å². The first-order valence-corrected chi connectivity index (χ1v) is 9.00. The molecular weight excluding hydrogens is 338 g/mol. The third-order valence-corrected chi connectivity index (χ3v) is 4.34. The zero-order chi connectivity index (χ0) is 19.1. The standard InChI is InChI=1S/C22H23N3O2/c1-16(19-13-7-9-17-8-5-6-12-20(17)19)24-21(26)14-15-23-22(27)25-18-10-3-2-4-11-18/h2-13,16H,14-15H2,1H3,(H,24,26)(H2,23,25,27). The average molecular weight is 361 g/mol. The number of urea groups is 1. The lowest BCUT2D eigenvalue weighted by Gasteiger charge is -2.17. The van der Waals surface area contributed by atoms with E-state index in [-0.39, 0.29) is 30.9 Å². The summed E-state index contributed by atoms with van der Waals surface area (Å²) in [5, 5.41) is 10.7. The first-order valence-electron chi connectivity index (χ1n) is 9.00. The summed E-state index contributed by atoms with van der Waals surface area (Å²) in [6, 6.07) is 22.9. The number of hydrogen-bond donors (Lipinski definition) is 3. The van der Waals surface area contributed by atoms with Gasteiger partial charge in [0.2, 0.25) is 5.91 Å². The van der Waals surface area contributed by atoms with Gasteiger partial charge in [0.25, 0.3) is 0 Å². The molecule has 0 saturated carbocycles. The van der Waals surface area contributed by atoms with Crippen LogP contribution in [0, 0.1) is 0 Å². The largest absolute Gasteiger partial charge is 0.350 e. The van der Waals surface area contributed by atoms with E-state index in [4.69, 9.17) is 0 Å². The Morgan fingerprint density at radius 2 is 1.59 bits per heavy atom. The highest BCUT2D eigenvalue weighted by molar-refractivity contribution is 5.89. The van der Waals surface area contributed by atoms with Gasteiger partial charge in [-0.25, -0.2) is 4.79 Å². The Labute approximate surface area is 158 Å². The van der Waals surface area contributed by atoms with E-state index in [0.717, 1.165) is 16.3 Å². The zero-order valence-electron chi connectivity index (χ0n) is 15.2. The smallest absolute Gasteiger partial charge is 0.319 e.